The van der Waals surface area contributed by atoms with Gasteiger partial charge in [0.1, 0.15) is 42.7 Å². The van der Waals surface area contributed by atoms with E-state index in [9.17, 15) is 56.2 Å². The molecule has 0 aromatic rings. The molecule has 15 heteroatoms. The summed E-state index contributed by atoms with van der Waals surface area (Å²) in [6, 6.07) is 0. The summed E-state index contributed by atoms with van der Waals surface area (Å²) in [7, 11) is 0. The smallest absolute Gasteiger partial charge is 0.187 e. The quantitative estimate of drug-likeness (QED) is 0.133. The van der Waals surface area contributed by atoms with Crippen molar-refractivity contribution in [2.24, 2.45) is 45.3 Å². The predicted octanol–water partition coefficient (Wildman–Crippen LogP) is 0.313. The zero-order valence-corrected chi connectivity index (χ0v) is 35.3. The van der Waals surface area contributed by atoms with Gasteiger partial charge in [-0.2, -0.15) is 0 Å². The lowest BCUT2D eigenvalue weighted by Crippen LogP contribution is -2.71. The van der Waals surface area contributed by atoms with E-state index >= 15 is 0 Å². The average molecular weight is 819 g/mol. The fourth-order valence-corrected chi connectivity index (χ4v) is 13.4. The van der Waals surface area contributed by atoms with Gasteiger partial charge in [-0.1, -0.05) is 34.6 Å². The molecule has 0 unspecified atom stereocenters. The van der Waals surface area contributed by atoms with Crippen LogP contribution >= 0.6 is 0 Å². The van der Waals surface area contributed by atoms with E-state index in [0.29, 0.717) is 38.5 Å². The van der Waals surface area contributed by atoms with Crippen LogP contribution in [0.2, 0.25) is 0 Å². The van der Waals surface area contributed by atoms with Crippen molar-refractivity contribution in [3.05, 3.63) is 0 Å². The van der Waals surface area contributed by atoms with E-state index in [1.54, 1.807) is 6.92 Å². The lowest BCUT2D eigenvalue weighted by molar-refractivity contribution is -0.382. The first-order valence-corrected chi connectivity index (χ1v) is 21.3. The highest BCUT2D eigenvalue weighted by Gasteiger charge is 2.73. The van der Waals surface area contributed by atoms with Crippen LogP contribution in [0.1, 0.15) is 114 Å². The molecule has 15 nitrogen and oxygen atoms in total. The number of hydrogen-bond acceptors (Lipinski definition) is 15. The molecule has 0 bridgehead atoms. The molecule has 0 aromatic carbocycles. The summed E-state index contributed by atoms with van der Waals surface area (Å²) in [6.45, 7) is 16.4. The Labute approximate surface area is 337 Å². The standard InChI is InChI=1S/C42H74O15/c1-19-28(47)30(49)32(51)35(54-19)57-33-31(50)29(48)23(18-43)56-36(33)55-22-17-41(8)24(39(6)13-11-25(45)37(2,3)34(22)39)16-21(44)27-20(10-14-40(27,41)7)42(9,53)15-12-26(46)38(4,5)52/h19-36,43-53H,10-18H2,1-9H3/t19-,20-,21+,22-,23+,24+,25-,26+,27-,28-,29-,30+,31-,32+,33+,34-,35-,36+,39+,40+,41+,42-/m0/s1. The van der Waals surface area contributed by atoms with E-state index in [-0.39, 0.29) is 36.5 Å². The highest BCUT2D eigenvalue weighted by molar-refractivity contribution is 5.22. The van der Waals surface area contributed by atoms with Crippen molar-refractivity contribution in [2.45, 2.75) is 211 Å². The van der Waals surface area contributed by atoms with Crippen molar-refractivity contribution in [2.75, 3.05) is 6.61 Å². The van der Waals surface area contributed by atoms with Gasteiger partial charge in [0.2, 0.25) is 0 Å². The summed E-state index contributed by atoms with van der Waals surface area (Å²) < 4.78 is 25.1. The minimum atomic E-state index is -1.72. The second-order valence-electron chi connectivity index (χ2n) is 21.2. The molecule has 4 aliphatic carbocycles. The summed E-state index contributed by atoms with van der Waals surface area (Å²) in [5, 5.41) is 121. The van der Waals surface area contributed by atoms with E-state index < -0.39 is 125 Å². The molecule has 332 valence electrons. The Balaban J connectivity index is 1.37. The van der Waals surface area contributed by atoms with Crippen molar-refractivity contribution >= 4 is 0 Å². The molecule has 0 spiro atoms. The number of aliphatic hydroxyl groups excluding tert-OH is 9. The fraction of sp³-hybridized carbons (Fsp3) is 1.00. The molecule has 0 radical (unpaired) electrons. The van der Waals surface area contributed by atoms with E-state index in [0.717, 1.165) is 0 Å². The molecule has 2 aliphatic heterocycles. The molecule has 0 aromatic heterocycles. The van der Waals surface area contributed by atoms with Crippen LogP contribution in [-0.2, 0) is 18.9 Å². The van der Waals surface area contributed by atoms with Gasteiger partial charge >= 0.3 is 0 Å². The zero-order valence-electron chi connectivity index (χ0n) is 35.3. The molecule has 6 aliphatic rings. The number of aliphatic hydroxyl groups is 11. The predicted molar refractivity (Wildman–Crippen MR) is 204 cm³/mol. The van der Waals surface area contributed by atoms with Gasteiger partial charge in [0.15, 0.2) is 12.6 Å². The second-order valence-corrected chi connectivity index (χ2v) is 21.2. The molecule has 22 atom stereocenters. The maximum atomic E-state index is 12.3. The SMILES string of the molecule is C[C@@H]1O[C@@H](O[C@H]2[C@H](O[C@H]3C[C@]4(C)[C@H](C[C@@H](O)[C@@H]5[C@@H]([C@@](C)(O)CC[C@@H](O)C(C)(C)O)CC[C@]54C)[C@@]4(C)CC[C@H](O)C(C)(C)[C@H]34)O[C@H](CO)[C@H](O)[C@@H]2O)[C@H](O)[C@H](O)[C@H]1O. The fourth-order valence-electron chi connectivity index (χ4n) is 13.4. The maximum Gasteiger partial charge on any atom is 0.187 e. The lowest BCUT2D eigenvalue weighted by atomic mass is 9.34. The monoisotopic (exact) mass is 819 g/mol. The largest absolute Gasteiger partial charge is 0.394 e. The van der Waals surface area contributed by atoms with E-state index in [2.05, 4.69) is 20.8 Å². The van der Waals surface area contributed by atoms with Crippen LogP contribution < -0.4 is 0 Å². The molecule has 6 rings (SSSR count). The topological polar surface area (TPSA) is 259 Å². The minimum Gasteiger partial charge on any atom is -0.394 e. The first-order valence-electron chi connectivity index (χ1n) is 21.3. The van der Waals surface area contributed by atoms with Crippen LogP contribution in [0.15, 0.2) is 0 Å². The molecule has 2 heterocycles. The molecular weight excluding hydrogens is 744 g/mol. The third-order valence-electron chi connectivity index (χ3n) is 17.0. The van der Waals surface area contributed by atoms with Gasteiger partial charge < -0.3 is 75.1 Å². The Hall–Kier alpha value is -0.600. The van der Waals surface area contributed by atoms with E-state index in [1.165, 1.54) is 20.8 Å². The molecule has 0 amide bonds. The highest BCUT2D eigenvalue weighted by Crippen LogP contribution is 2.76. The minimum absolute atomic E-state index is 0.0318. The maximum absolute atomic E-state index is 12.3. The molecule has 2 saturated heterocycles. The number of ether oxygens (including phenoxy) is 4. The number of hydrogen-bond donors (Lipinski definition) is 11. The van der Waals surface area contributed by atoms with Crippen LogP contribution in [0.25, 0.3) is 0 Å². The molecule has 11 N–H and O–H groups in total. The Morgan fingerprint density at radius 1 is 0.772 bits per heavy atom. The van der Waals surface area contributed by atoms with Crippen molar-refractivity contribution in [3.63, 3.8) is 0 Å². The van der Waals surface area contributed by atoms with Gasteiger partial charge in [-0.25, -0.2) is 0 Å². The lowest BCUT2D eigenvalue weighted by Gasteiger charge is -2.72. The van der Waals surface area contributed by atoms with Gasteiger partial charge in [-0.05, 0) is 124 Å². The normalized spacial score (nSPS) is 52.9. The molecular formula is C42H74O15. The van der Waals surface area contributed by atoms with Crippen LogP contribution in [0.5, 0.6) is 0 Å². The molecule has 4 saturated carbocycles. The summed E-state index contributed by atoms with van der Waals surface area (Å²) in [6.07, 6.45) is -14.1. The summed E-state index contributed by atoms with van der Waals surface area (Å²) in [4.78, 5) is 0. The van der Waals surface area contributed by atoms with Crippen molar-refractivity contribution < 1.29 is 75.1 Å². The average Bonchev–Trinajstić information content (AvgIpc) is 3.51. The van der Waals surface area contributed by atoms with E-state index in [1.807, 2.05) is 13.8 Å². The summed E-state index contributed by atoms with van der Waals surface area (Å²) in [5.41, 5.74) is -4.82. The van der Waals surface area contributed by atoms with Crippen molar-refractivity contribution in [1.29, 1.82) is 0 Å². The van der Waals surface area contributed by atoms with Gasteiger partial charge in [-0.3, -0.25) is 0 Å². The Kier molecular flexibility index (Phi) is 12.6. The van der Waals surface area contributed by atoms with Crippen molar-refractivity contribution in [3.8, 4) is 0 Å². The van der Waals surface area contributed by atoms with Crippen molar-refractivity contribution in [1.82, 2.24) is 0 Å². The highest BCUT2D eigenvalue weighted by atomic mass is 16.8. The van der Waals surface area contributed by atoms with Crippen LogP contribution in [0.4, 0.5) is 0 Å². The van der Waals surface area contributed by atoms with E-state index in [4.69, 9.17) is 18.9 Å². The Morgan fingerprint density at radius 3 is 2.04 bits per heavy atom. The third-order valence-corrected chi connectivity index (χ3v) is 17.0. The Bertz CT molecular complexity index is 1410. The molecule has 57 heavy (non-hydrogen) atoms. The summed E-state index contributed by atoms with van der Waals surface area (Å²) in [5.74, 6) is -0.978. The van der Waals surface area contributed by atoms with Gasteiger partial charge in [-0.15, -0.1) is 0 Å². The zero-order chi connectivity index (χ0) is 42.6. The first-order chi connectivity index (χ1) is 26.2. The van der Waals surface area contributed by atoms with Crippen LogP contribution in [0, 0.1) is 45.3 Å². The number of rotatable bonds is 10. The molecule has 6 fully saturated rings. The summed E-state index contributed by atoms with van der Waals surface area (Å²) >= 11 is 0. The van der Waals surface area contributed by atoms with Crippen LogP contribution in [0.3, 0.4) is 0 Å². The Morgan fingerprint density at radius 2 is 1.42 bits per heavy atom. The van der Waals surface area contributed by atoms with Gasteiger partial charge in [0, 0.05) is 0 Å². The second kappa shape index (κ2) is 15.6. The first kappa shape index (κ1) is 45.9. The number of fused-ring (bicyclic) bond motifs is 5. The van der Waals surface area contributed by atoms with Gasteiger partial charge in [0.05, 0.1) is 48.3 Å². The van der Waals surface area contributed by atoms with Gasteiger partial charge in [0.25, 0.3) is 0 Å². The van der Waals surface area contributed by atoms with Crippen LogP contribution in [-0.4, -0.2) is 160 Å². The third kappa shape index (κ3) is 7.47.